The van der Waals surface area contributed by atoms with Crippen molar-refractivity contribution in [3.05, 3.63) is 108 Å². The van der Waals surface area contributed by atoms with Gasteiger partial charge in [0.2, 0.25) is 11.8 Å². The number of likely N-dealkylation sites (tertiary alicyclic amines) is 1. The molecule has 1 fully saturated rings. The molecule has 0 bridgehead atoms. The zero-order valence-corrected chi connectivity index (χ0v) is 20.8. The summed E-state index contributed by atoms with van der Waals surface area (Å²) >= 11 is 0. The summed E-state index contributed by atoms with van der Waals surface area (Å²) in [7, 11) is 0. The summed E-state index contributed by atoms with van der Waals surface area (Å²) < 4.78 is 40.5. The molecule has 0 spiro atoms. The van der Waals surface area contributed by atoms with E-state index in [9.17, 15) is 8.78 Å². The lowest BCUT2D eigenvalue weighted by Gasteiger charge is -2.31. The standard InChI is InChI=1S/C29H27F2N5O2/c30-22-9-8-21(23(31)16-22)19-38-28-7-3-5-24(34-28)20-10-13-35(14-11-20)17-27-33-25-4-1-2-6-26(25)36(27)18-29-32-12-15-37-29/h1-9,12,15-16,20H,10-11,13-14,17-19H2. The number of pyridine rings is 1. The molecule has 0 radical (unpaired) electrons. The highest BCUT2D eigenvalue weighted by Gasteiger charge is 2.24. The van der Waals surface area contributed by atoms with Gasteiger partial charge in [-0.1, -0.05) is 18.2 Å². The summed E-state index contributed by atoms with van der Waals surface area (Å²) in [6, 6.07) is 17.3. The Hall–Kier alpha value is -4.11. The molecule has 1 saturated heterocycles. The number of ether oxygens (including phenoxy) is 1. The lowest BCUT2D eigenvalue weighted by molar-refractivity contribution is 0.196. The molecule has 3 aromatic heterocycles. The Labute approximate surface area is 218 Å². The first kappa shape index (κ1) is 24.2. The normalized spacial score (nSPS) is 14.8. The van der Waals surface area contributed by atoms with Crippen LogP contribution in [0.1, 0.15) is 41.7 Å². The number of hydrogen-bond acceptors (Lipinski definition) is 6. The van der Waals surface area contributed by atoms with Crippen molar-refractivity contribution in [2.45, 2.75) is 38.5 Å². The van der Waals surface area contributed by atoms with Crippen LogP contribution < -0.4 is 4.74 Å². The lowest BCUT2D eigenvalue weighted by atomic mass is 9.93. The molecule has 0 saturated carbocycles. The average molecular weight is 516 g/mol. The van der Waals surface area contributed by atoms with E-state index in [1.54, 1.807) is 18.5 Å². The molecule has 38 heavy (non-hydrogen) atoms. The first-order valence-corrected chi connectivity index (χ1v) is 12.7. The van der Waals surface area contributed by atoms with Gasteiger partial charge in [-0.3, -0.25) is 4.90 Å². The van der Waals surface area contributed by atoms with Crippen molar-refractivity contribution in [3.8, 4) is 5.88 Å². The van der Waals surface area contributed by atoms with Crippen LogP contribution in [-0.2, 0) is 19.7 Å². The van der Waals surface area contributed by atoms with Gasteiger partial charge >= 0.3 is 0 Å². The topological polar surface area (TPSA) is 69.2 Å². The molecular weight excluding hydrogens is 488 g/mol. The second-order valence-electron chi connectivity index (χ2n) is 9.50. The number of para-hydroxylation sites is 2. The van der Waals surface area contributed by atoms with Gasteiger partial charge in [-0.05, 0) is 56.3 Å². The molecule has 5 aromatic rings. The third kappa shape index (κ3) is 5.28. The highest BCUT2D eigenvalue weighted by molar-refractivity contribution is 5.76. The van der Waals surface area contributed by atoms with Crippen molar-refractivity contribution in [2.24, 2.45) is 0 Å². The number of imidazole rings is 1. The molecule has 2 aromatic carbocycles. The van der Waals surface area contributed by atoms with E-state index < -0.39 is 11.6 Å². The van der Waals surface area contributed by atoms with Crippen molar-refractivity contribution < 1.29 is 17.9 Å². The van der Waals surface area contributed by atoms with Crippen molar-refractivity contribution >= 4 is 11.0 Å². The highest BCUT2D eigenvalue weighted by atomic mass is 19.1. The summed E-state index contributed by atoms with van der Waals surface area (Å²) in [4.78, 5) is 16.3. The summed E-state index contributed by atoms with van der Waals surface area (Å²) in [6.07, 6.45) is 5.17. The van der Waals surface area contributed by atoms with Crippen molar-refractivity contribution in [1.82, 2.24) is 24.4 Å². The van der Waals surface area contributed by atoms with Crippen LogP contribution >= 0.6 is 0 Å². The summed E-state index contributed by atoms with van der Waals surface area (Å²) in [5.74, 6) is 1.16. The molecule has 0 atom stereocenters. The van der Waals surface area contributed by atoms with Gasteiger partial charge in [0.25, 0.3) is 0 Å². The van der Waals surface area contributed by atoms with Gasteiger partial charge in [-0.2, -0.15) is 0 Å². The average Bonchev–Trinajstić information content (AvgIpc) is 3.57. The molecule has 1 aliphatic heterocycles. The fraction of sp³-hybridized carbons (Fsp3) is 0.276. The number of fused-ring (bicyclic) bond motifs is 1. The number of aromatic nitrogens is 4. The predicted molar refractivity (Wildman–Crippen MR) is 138 cm³/mol. The largest absolute Gasteiger partial charge is 0.473 e. The third-order valence-corrected chi connectivity index (χ3v) is 7.02. The first-order chi connectivity index (χ1) is 18.6. The van der Waals surface area contributed by atoms with Crippen LogP contribution in [0.3, 0.4) is 0 Å². The summed E-state index contributed by atoms with van der Waals surface area (Å²) in [5.41, 5.74) is 3.29. The summed E-state index contributed by atoms with van der Waals surface area (Å²) in [5, 5.41) is 0. The van der Waals surface area contributed by atoms with E-state index in [2.05, 4.69) is 25.5 Å². The van der Waals surface area contributed by atoms with Crippen LogP contribution in [0, 0.1) is 11.6 Å². The molecule has 4 heterocycles. The fourth-order valence-corrected chi connectivity index (χ4v) is 5.00. The number of rotatable bonds is 8. The van der Waals surface area contributed by atoms with E-state index in [0.29, 0.717) is 29.8 Å². The van der Waals surface area contributed by atoms with E-state index in [0.717, 1.165) is 61.1 Å². The summed E-state index contributed by atoms with van der Waals surface area (Å²) in [6.45, 7) is 3.11. The van der Waals surface area contributed by atoms with E-state index >= 15 is 0 Å². The maximum atomic E-state index is 13.9. The minimum absolute atomic E-state index is 0.00443. The van der Waals surface area contributed by atoms with Crippen LogP contribution in [0.5, 0.6) is 5.88 Å². The molecule has 0 unspecified atom stereocenters. The van der Waals surface area contributed by atoms with Crippen molar-refractivity contribution in [3.63, 3.8) is 0 Å². The van der Waals surface area contributed by atoms with Crippen molar-refractivity contribution in [2.75, 3.05) is 13.1 Å². The van der Waals surface area contributed by atoms with Gasteiger partial charge in [-0.15, -0.1) is 0 Å². The maximum Gasteiger partial charge on any atom is 0.213 e. The Morgan fingerprint density at radius 1 is 0.947 bits per heavy atom. The van der Waals surface area contributed by atoms with Gasteiger partial charge in [0.05, 0.1) is 23.8 Å². The van der Waals surface area contributed by atoms with Gasteiger partial charge < -0.3 is 13.7 Å². The Bertz CT molecular complexity index is 1530. The van der Waals surface area contributed by atoms with Crippen LogP contribution in [-0.4, -0.2) is 37.5 Å². The number of piperidine rings is 1. The zero-order valence-electron chi connectivity index (χ0n) is 20.8. The first-order valence-electron chi connectivity index (χ1n) is 12.7. The Morgan fingerprint density at radius 3 is 2.63 bits per heavy atom. The minimum Gasteiger partial charge on any atom is -0.473 e. The number of halogens is 2. The molecular formula is C29H27F2N5O2. The molecule has 0 aliphatic carbocycles. The number of benzene rings is 2. The zero-order chi connectivity index (χ0) is 25.9. The van der Waals surface area contributed by atoms with Gasteiger partial charge in [0.15, 0.2) is 0 Å². The number of oxazole rings is 1. The van der Waals surface area contributed by atoms with Gasteiger partial charge in [0.1, 0.15) is 36.9 Å². The SMILES string of the molecule is Fc1ccc(COc2cccc(C3CCN(Cc4nc5ccccc5n4Cc4ncco4)CC3)n2)c(F)c1. The second-order valence-corrected chi connectivity index (χ2v) is 9.50. The van der Waals surface area contributed by atoms with Crippen LogP contribution in [0.2, 0.25) is 0 Å². The van der Waals surface area contributed by atoms with E-state index in [1.807, 2.05) is 30.3 Å². The highest BCUT2D eigenvalue weighted by Crippen LogP contribution is 2.29. The lowest BCUT2D eigenvalue weighted by Crippen LogP contribution is -2.33. The van der Waals surface area contributed by atoms with E-state index in [1.165, 1.54) is 12.1 Å². The van der Waals surface area contributed by atoms with Crippen LogP contribution in [0.25, 0.3) is 11.0 Å². The Kier molecular flexibility index (Phi) is 6.83. The quantitative estimate of drug-likeness (QED) is 0.264. The Balaban J connectivity index is 1.10. The Morgan fingerprint density at radius 2 is 1.82 bits per heavy atom. The molecule has 9 heteroatoms. The van der Waals surface area contributed by atoms with Crippen LogP contribution in [0.15, 0.2) is 77.5 Å². The number of nitrogens with zero attached hydrogens (tertiary/aromatic N) is 5. The smallest absolute Gasteiger partial charge is 0.213 e. The molecule has 0 N–H and O–H groups in total. The fourth-order valence-electron chi connectivity index (χ4n) is 5.00. The third-order valence-electron chi connectivity index (χ3n) is 7.02. The van der Waals surface area contributed by atoms with Gasteiger partial charge in [-0.25, -0.2) is 23.7 Å². The van der Waals surface area contributed by atoms with E-state index in [4.69, 9.17) is 14.1 Å². The molecule has 0 amide bonds. The number of hydrogen-bond donors (Lipinski definition) is 0. The van der Waals surface area contributed by atoms with E-state index in [-0.39, 0.29) is 6.61 Å². The molecule has 7 nitrogen and oxygen atoms in total. The minimum atomic E-state index is -0.623. The second kappa shape index (κ2) is 10.7. The van der Waals surface area contributed by atoms with Crippen LogP contribution in [0.4, 0.5) is 8.78 Å². The maximum absolute atomic E-state index is 13.9. The monoisotopic (exact) mass is 515 g/mol. The molecule has 194 valence electrons. The van der Waals surface area contributed by atoms with Crippen molar-refractivity contribution in [1.29, 1.82) is 0 Å². The molecule has 1 aliphatic rings. The molecule has 6 rings (SSSR count). The predicted octanol–water partition coefficient (Wildman–Crippen LogP) is 5.70. The van der Waals surface area contributed by atoms with Gasteiger partial charge in [0, 0.05) is 29.3 Å².